The zero-order chi connectivity index (χ0) is 21.0. The minimum absolute atomic E-state index is 0. The summed E-state index contributed by atoms with van der Waals surface area (Å²) in [6.45, 7) is 5.58. The number of rotatable bonds is 5. The van der Waals surface area contributed by atoms with Crippen molar-refractivity contribution in [3.05, 3.63) is 52.3 Å². The van der Waals surface area contributed by atoms with Gasteiger partial charge in [0.15, 0.2) is 5.82 Å². The highest BCUT2D eigenvalue weighted by molar-refractivity contribution is 5.90. The highest BCUT2D eigenvalue weighted by Gasteiger charge is 2.26. The molecule has 1 saturated carbocycles. The first-order chi connectivity index (χ1) is 14.0. The van der Waals surface area contributed by atoms with Crippen molar-refractivity contribution in [3.8, 4) is 5.88 Å². The van der Waals surface area contributed by atoms with Crippen molar-refractivity contribution in [2.45, 2.75) is 46.3 Å². The predicted molar refractivity (Wildman–Crippen MR) is 108 cm³/mol. The van der Waals surface area contributed by atoms with Crippen molar-refractivity contribution in [1.29, 1.82) is 0 Å². The number of hydrogen-bond acceptors (Lipinski definition) is 6. The lowest BCUT2D eigenvalue weighted by Crippen LogP contribution is -2.30. The van der Waals surface area contributed by atoms with Crippen molar-refractivity contribution in [2.75, 3.05) is 5.32 Å². The van der Waals surface area contributed by atoms with Gasteiger partial charge < -0.3 is 4.74 Å². The van der Waals surface area contributed by atoms with Crippen LogP contribution in [-0.4, -0.2) is 31.8 Å². The largest absolute Gasteiger partial charge is 0.473 e. The average Bonchev–Trinajstić information content (AvgIpc) is 3.53. The van der Waals surface area contributed by atoms with Crippen LogP contribution in [0.4, 0.5) is 10.3 Å². The number of benzene rings is 1. The quantitative estimate of drug-likeness (QED) is 0.705. The molecule has 0 atom stereocenters. The zero-order valence-electron chi connectivity index (χ0n) is 16.5. The van der Waals surface area contributed by atoms with Crippen molar-refractivity contribution in [3.63, 3.8) is 0 Å². The van der Waals surface area contributed by atoms with Gasteiger partial charge in [-0.15, -0.1) is 5.10 Å². The number of ether oxygens (including phenoxy) is 1. The SMILES string of the molecule is CC.Cc1ccc2c(=O)n(CC(=O)Nc3ncc(F)cn3)nc(OC3CC3)c2c1.[HH]. The first kappa shape index (κ1) is 20.4. The van der Waals surface area contributed by atoms with Crippen molar-refractivity contribution < 1.29 is 15.3 Å². The van der Waals surface area contributed by atoms with E-state index in [4.69, 9.17) is 4.74 Å². The van der Waals surface area contributed by atoms with Crippen LogP contribution in [0, 0.1) is 12.7 Å². The van der Waals surface area contributed by atoms with Gasteiger partial charge >= 0.3 is 0 Å². The molecule has 0 bridgehead atoms. The van der Waals surface area contributed by atoms with Crippen LogP contribution in [0.15, 0.2) is 35.4 Å². The van der Waals surface area contributed by atoms with Gasteiger partial charge in [-0.1, -0.05) is 25.5 Å². The van der Waals surface area contributed by atoms with E-state index >= 15 is 0 Å². The third-order valence-electron chi connectivity index (χ3n) is 4.05. The standard InChI is InChI=1S/C18H16FN5O3.C2H6.H2/c1-10-2-5-13-14(6-10)16(27-12-3-4-12)23-24(17(13)26)9-15(25)22-18-20-7-11(19)8-21-18;1-2;/h2,5-8,12H,3-4,9H2,1H3,(H,20,21,22,25);1-2H3;1H. The molecular weight excluding hydrogens is 377 g/mol. The van der Waals surface area contributed by atoms with Crippen LogP contribution in [0.25, 0.3) is 10.8 Å². The monoisotopic (exact) mass is 401 g/mol. The van der Waals surface area contributed by atoms with Crippen LogP contribution in [0.5, 0.6) is 5.88 Å². The number of amides is 1. The molecule has 154 valence electrons. The molecule has 9 heteroatoms. The summed E-state index contributed by atoms with van der Waals surface area (Å²) in [5.74, 6) is -0.889. The summed E-state index contributed by atoms with van der Waals surface area (Å²) in [7, 11) is 0. The van der Waals surface area contributed by atoms with Crippen LogP contribution in [0.1, 0.15) is 33.7 Å². The fourth-order valence-electron chi connectivity index (χ4n) is 2.58. The Hall–Kier alpha value is -3.36. The number of fused-ring (bicyclic) bond motifs is 1. The van der Waals surface area contributed by atoms with E-state index in [0.717, 1.165) is 35.5 Å². The number of anilines is 1. The van der Waals surface area contributed by atoms with Gasteiger partial charge in [0.2, 0.25) is 17.7 Å². The van der Waals surface area contributed by atoms with Crippen LogP contribution >= 0.6 is 0 Å². The Morgan fingerprint density at radius 3 is 2.62 bits per heavy atom. The molecule has 0 spiro atoms. The maximum Gasteiger partial charge on any atom is 0.275 e. The van der Waals surface area contributed by atoms with Gasteiger partial charge in [0.1, 0.15) is 12.6 Å². The number of aryl methyl sites for hydroxylation is 1. The predicted octanol–water partition coefficient (Wildman–Crippen LogP) is 3.09. The molecule has 0 radical (unpaired) electrons. The molecule has 0 unspecified atom stereocenters. The summed E-state index contributed by atoms with van der Waals surface area (Å²) in [4.78, 5) is 32.3. The molecule has 1 aliphatic carbocycles. The maximum atomic E-state index is 12.8. The van der Waals surface area contributed by atoms with Crippen molar-refractivity contribution >= 4 is 22.6 Å². The first-order valence-corrected chi connectivity index (χ1v) is 9.45. The van der Waals surface area contributed by atoms with Gasteiger partial charge in [0.25, 0.3) is 5.56 Å². The highest BCUT2D eigenvalue weighted by atomic mass is 19.1. The van der Waals surface area contributed by atoms with Crippen LogP contribution in [-0.2, 0) is 11.3 Å². The molecule has 0 aliphatic heterocycles. The van der Waals surface area contributed by atoms with Gasteiger partial charge in [-0.05, 0) is 31.9 Å². The molecule has 3 aromatic rings. The Labute approximate surface area is 168 Å². The van der Waals surface area contributed by atoms with E-state index in [-0.39, 0.29) is 20.0 Å². The molecule has 1 aromatic carbocycles. The van der Waals surface area contributed by atoms with Crippen LogP contribution < -0.4 is 15.6 Å². The smallest absolute Gasteiger partial charge is 0.275 e. The highest BCUT2D eigenvalue weighted by Crippen LogP contribution is 2.29. The minimum atomic E-state index is -0.613. The van der Waals surface area contributed by atoms with Gasteiger partial charge in [0, 0.05) is 1.43 Å². The average molecular weight is 401 g/mol. The van der Waals surface area contributed by atoms with E-state index < -0.39 is 17.3 Å². The lowest BCUT2D eigenvalue weighted by molar-refractivity contribution is -0.117. The second-order valence-corrected chi connectivity index (χ2v) is 6.41. The Morgan fingerprint density at radius 1 is 1.28 bits per heavy atom. The number of halogens is 1. The molecule has 4 rings (SSSR count). The second kappa shape index (κ2) is 8.76. The molecule has 0 saturated heterocycles. The maximum absolute atomic E-state index is 12.8. The molecule has 1 fully saturated rings. The summed E-state index contributed by atoms with van der Waals surface area (Å²) in [6.07, 6.45) is 3.85. The fraction of sp³-hybridized carbons (Fsp3) is 0.350. The molecular formula is C20H24FN5O3. The molecule has 2 aromatic heterocycles. The van der Waals surface area contributed by atoms with Gasteiger partial charge in [-0.25, -0.2) is 19.0 Å². The number of hydrogen-bond donors (Lipinski definition) is 1. The van der Waals surface area contributed by atoms with E-state index in [1.807, 2.05) is 32.9 Å². The van der Waals surface area contributed by atoms with Gasteiger partial charge in [0.05, 0.1) is 23.2 Å². The van der Waals surface area contributed by atoms with E-state index in [1.165, 1.54) is 0 Å². The van der Waals surface area contributed by atoms with Crippen molar-refractivity contribution in [1.82, 2.24) is 19.7 Å². The Morgan fingerprint density at radius 2 is 1.97 bits per heavy atom. The van der Waals surface area contributed by atoms with Crippen LogP contribution in [0.2, 0.25) is 0 Å². The molecule has 1 amide bonds. The third-order valence-corrected chi connectivity index (χ3v) is 4.05. The molecule has 2 heterocycles. The summed E-state index contributed by atoms with van der Waals surface area (Å²) in [5, 5.41) is 7.70. The minimum Gasteiger partial charge on any atom is -0.473 e. The molecule has 8 nitrogen and oxygen atoms in total. The summed E-state index contributed by atoms with van der Waals surface area (Å²) in [5.41, 5.74) is 0.580. The number of aromatic nitrogens is 4. The topological polar surface area (TPSA) is 99.0 Å². The summed E-state index contributed by atoms with van der Waals surface area (Å²) >= 11 is 0. The molecule has 1 aliphatic rings. The lowest BCUT2D eigenvalue weighted by atomic mass is 10.1. The summed E-state index contributed by atoms with van der Waals surface area (Å²) in [6, 6.07) is 5.37. The number of nitrogens with zero attached hydrogens (tertiary/aromatic N) is 4. The van der Waals surface area contributed by atoms with Gasteiger partial charge in [-0.3, -0.25) is 14.9 Å². The van der Waals surface area contributed by atoms with Crippen LogP contribution in [0.3, 0.4) is 0 Å². The van der Waals surface area contributed by atoms with Crippen molar-refractivity contribution in [2.24, 2.45) is 0 Å². The summed E-state index contributed by atoms with van der Waals surface area (Å²) < 4.78 is 19.7. The van der Waals surface area contributed by atoms with E-state index in [9.17, 15) is 14.0 Å². The van der Waals surface area contributed by atoms with E-state index in [0.29, 0.717) is 16.7 Å². The third kappa shape index (κ3) is 4.92. The van der Waals surface area contributed by atoms with Gasteiger partial charge in [-0.2, -0.15) is 0 Å². The Bertz CT molecular complexity index is 1080. The Kier molecular flexibility index (Phi) is 6.16. The number of nitrogens with one attached hydrogen (secondary N) is 1. The number of carbonyl (C=O) groups is 1. The normalized spacial score (nSPS) is 12.8. The van der Waals surface area contributed by atoms with E-state index in [1.54, 1.807) is 6.07 Å². The second-order valence-electron chi connectivity index (χ2n) is 6.41. The molecule has 29 heavy (non-hydrogen) atoms. The molecule has 1 N–H and O–H groups in total. The first-order valence-electron chi connectivity index (χ1n) is 9.45. The lowest BCUT2D eigenvalue weighted by Gasteiger charge is -2.12. The zero-order valence-corrected chi connectivity index (χ0v) is 16.5. The van der Waals surface area contributed by atoms with E-state index in [2.05, 4.69) is 20.4 Å². The Balaban J connectivity index is 0.00000104. The number of carbonyl (C=O) groups excluding carboxylic acids is 1. The fourth-order valence-corrected chi connectivity index (χ4v) is 2.58.